The summed E-state index contributed by atoms with van der Waals surface area (Å²) in [5, 5.41) is 4.53. The first-order valence-electron chi connectivity index (χ1n) is 9.80. The zero-order valence-corrected chi connectivity index (χ0v) is 19.9. The maximum absolute atomic E-state index is 13.5. The average Bonchev–Trinajstić information content (AvgIpc) is 2.75. The number of sulfonamides is 1. The van der Waals surface area contributed by atoms with Crippen LogP contribution in [0.3, 0.4) is 0 Å². The van der Waals surface area contributed by atoms with E-state index in [0.717, 1.165) is 6.26 Å². The summed E-state index contributed by atoms with van der Waals surface area (Å²) in [5.41, 5.74) is 1.12. The first kappa shape index (κ1) is 23.0. The Hall–Kier alpha value is -3.14. The minimum absolute atomic E-state index is 0.0607. The lowest BCUT2D eigenvalue weighted by Crippen LogP contribution is -2.26. The molecule has 0 fully saturated rings. The largest absolute Gasteiger partial charge is 0.360 e. The van der Waals surface area contributed by atoms with Gasteiger partial charge in [0.2, 0.25) is 15.3 Å². The molecule has 0 radical (unpaired) electrons. The van der Waals surface area contributed by atoms with Crippen LogP contribution in [-0.4, -0.2) is 29.2 Å². The maximum atomic E-state index is 13.5. The van der Waals surface area contributed by atoms with Gasteiger partial charge in [-0.05, 0) is 48.2 Å². The van der Waals surface area contributed by atoms with E-state index in [9.17, 15) is 13.2 Å². The predicted octanol–water partition coefficient (Wildman–Crippen LogP) is 4.63. The number of pyridine rings is 1. The highest BCUT2D eigenvalue weighted by atomic mass is 35.5. The maximum Gasteiger partial charge on any atom is 0.264 e. The molecule has 0 amide bonds. The van der Waals surface area contributed by atoms with Crippen LogP contribution in [0.2, 0.25) is 10.3 Å². The number of rotatable bonds is 6. The van der Waals surface area contributed by atoms with Crippen LogP contribution in [0.25, 0.3) is 16.5 Å². The molecule has 2 aromatic carbocycles. The average molecular weight is 504 g/mol. The molecule has 1 unspecified atom stereocenters. The van der Waals surface area contributed by atoms with Gasteiger partial charge in [0, 0.05) is 11.4 Å². The molecule has 2 aromatic heterocycles. The monoisotopic (exact) mass is 503 g/mol. The van der Waals surface area contributed by atoms with Crippen LogP contribution in [0, 0.1) is 0 Å². The highest BCUT2D eigenvalue weighted by molar-refractivity contribution is 7.92. The number of nitrogens with one attached hydrogen (secondary N) is 2. The number of nitrogens with zero attached hydrogens (tertiary/aromatic N) is 3. The van der Waals surface area contributed by atoms with Gasteiger partial charge < -0.3 is 5.32 Å². The molecule has 11 heteroatoms. The van der Waals surface area contributed by atoms with Crippen LogP contribution in [0.5, 0.6) is 0 Å². The van der Waals surface area contributed by atoms with Gasteiger partial charge in [-0.3, -0.25) is 14.1 Å². The van der Waals surface area contributed by atoms with Crippen molar-refractivity contribution in [3.05, 3.63) is 87.1 Å². The van der Waals surface area contributed by atoms with Crippen LogP contribution in [0.4, 0.5) is 11.5 Å². The minimum Gasteiger partial charge on any atom is -0.360 e. The van der Waals surface area contributed by atoms with Crippen LogP contribution in [0.1, 0.15) is 18.7 Å². The second-order valence-corrected chi connectivity index (χ2v) is 9.88. The Kier molecular flexibility index (Phi) is 6.29. The summed E-state index contributed by atoms with van der Waals surface area (Å²) in [6, 6.07) is 15.8. The molecular formula is C22H19Cl2N5O3S. The van der Waals surface area contributed by atoms with Gasteiger partial charge in [0.25, 0.3) is 5.56 Å². The van der Waals surface area contributed by atoms with Gasteiger partial charge in [-0.2, -0.15) is 4.98 Å². The van der Waals surface area contributed by atoms with E-state index < -0.39 is 16.1 Å². The Balaban J connectivity index is 1.89. The molecule has 8 nitrogen and oxygen atoms in total. The van der Waals surface area contributed by atoms with Crippen molar-refractivity contribution in [3.8, 4) is 5.69 Å². The molecule has 33 heavy (non-hydrogen) atoms. The molecule has 2 N–H and O–H groups in total. The van der Waals surface area contributed by atoms with Gasteiger partial charge >= 0.3 is 0 Å². The van der Waals surface area contributed by atoms with Crippen molar-refractivity contribution in [2.24, 2.45) is 0 Å². The lowest BCUT2D eigenvalue weighted by molar-refractivity contribution is 0.606. The number of para-hydroxylation sites is 1. The molecule has 1 atom stereocenters. The molecule has 4 aromatic rings. The second-order valence-electron chi connectivity index (χ2n) is 7.39. The summed E-state index contributed by atoms with van der Waals surface area (Å²) in [6.45, 7) is 1.82. The fourth-order valence-corrected chi connectivity index (χ4v) is 4.47. The molecule has 170 valence electrons. The molecule has 2 heterocycles. The normalized spacial score (nSPS) is 12.5. The third kappa shape index (κ3) is 4.95. The summed E-state index contributed by atoms with van der Waals surface area (Å²) < 4.78 is 27.5. The SMILES string of the molecule is CC(Nc1nc(Cl)ncc1NS(C)(=O)=O)c1cc2cccc(Cl)c2c(=O)n1-c1ccccc1. The number of halogens is 2. The highest BCUT2D eigenvalue weighted by Crippen LogP contribution is 2.29. The molecule has 0 aliphatic heterocycles. The molecule has 0 aliphatic rings. The molecule has 0 spiro atoms. The summed E-state index contributed by atoms with van der Waals surface area (Å²) in [5.74, 6) is 0.172. The number of hydrogen-bond acceptors (Lipinski definition) is 6. The van der Waals surface area contributed by atoms with E-state index in [1.807, 2.05) is 49.4 Å². The Morgan fingerprint density at radius 3 is 2.48 bits per heavy atom. The predicted molar refractivity (Wildman–Crippen MR) is 132 cm³/mol. The van der Waals surface area contributed by atoms with Crippen molar-refractivity contribution in [1.82, 2.24) is 14.5 Å². The fourth-order valence-electron chi connectivity index (χ4n) is 3.53. The van der Waals surface area contributed by atoms with Crippen molar-refractivity contribution in [2.45, 2.75) is 13.0 Å². The topological polar surface area (TPSA) is 106 Å². The summed E-state index contributed by atoms with van der Waals surface area (Å²) in [7, 11) is -3.59. The fraction of sp³-hybridized carbons (Fsp3) is 0.136. The third-order valence-corrected chi connectivity index (χ3v) is 5.98. The minimum atomic E-state index is -3.59. The van der Waals surface area contributed by atoms with Crippen molar-refractivity contribution in [3.63, 3.8) is 0 Å². The Morgan fingerprint density at radius 1 is 1.06 bits per heavy atom. The summed E-state index contributed by atoms with van der Waals surface area (Å²) in [6.07, 6.45) is 2.30. The molecular weight excluding hydrogens is 485 g/mol. The van der Waals surface area contributed by atoms with Gasteiger partial charge in [0.05, 0.1) is 28.9 Å². The van der Waals surface area contributed by atoms with Gasteiger partial charge in [0.15, 0.2) is 5.82 Å². The number of benzene rings is 2. The smallest absolute Gasteiger partial charge is 0.264 e. The van der Waals surface area contributed by atoms with E-state index >= 15 is 0 Å². The van der Waals surface area contributed by atoms with E-state index in [-0.39, 0.29) is 22.3 Å². The first-order chi connectivity index (χ1) is 15.6. The standard InChI is InChI=1S/C22H19Cl2N5O3S/c1-13(26-20-17(28-33(2,31)32)12-25-22(24)27-20)18-11-14-7-6-10-16(23)19(14)21(30)29(18)15-8-4-3-5-9-15/h3-13,28H,1-2H3,(H,25,26,27). The Labute approximate surface area is 200 Å². The van der Waals surface area contributed by atoms with Crippen LogP contribution < -0.4 is 15.6 Å². The number of anilines is 2. The van der Waals surface area contributed by atoms with E-state index in [4.69, 9.17) is 23.2 Å². The summed E-state index contributed by atoms with van der Waals surface area (Å²) >= 11 is 12.3. The lowest BCUT2D eigenvalue weighted by atomic mass is 10.1. The number of hydrogen-bond donors (Lipinski definition) is 2. The number of aromatic nitrogens is 3. The van der Waals surface area contributed by atoms with Gasteiger partial charge in [-0.15, -0.1) is 0 Å². The summed E-state index contributed by atoms with van der Waals surface area (Å²) in [4.78, 5) is 21.5. The van der Waals surface area contributed by atoms with Crippen LogP contribution in [-0.2, 0) is 10.0 Å². The van der Waals surface area contributed by atoms with E-state index in [0.29, 0.717) is 27.2 Å². The lowest BCUT2D eigenvalue weighted by Gasteiger charge is -2.22. The Morgan fingerprint density at radius 2 is 1.79 bits per heavy atom. The van der Waals surface area contributed by atoms with Crippen molar-refractivity contribution < 1.29 is 8.42 Å². The first-order valence-corrected chi connectivity index (χ1v) is 12.5. The number of fused-ring (bicyclic) bond motifs is 1. The molecule has 0 saturated heterocycles. The molecule has 0 aliphatic carbocycles. The van der Waals surface area contributed by atoms with E-state index in [1.165, 1.54) is 6.20 Å². The Bertz CT molecular complexity index is 1510. The quantitative estimate of drug-likeness (QED) is 0.371. The highest BCUT2D eigenvalue weighted by Gasteiger charge is 2.20. The van der Waals surface area contributed by atoms with Gasteiger partial charge in [0.1, 0.15) is 5.69 Å². The van der Waals surface area contributed by atoms with Crippen molar-refractivity contribution in [2.75, 3.05) is 16.3 Å². The second kappa shape index (κ2) is 9.01. The van der Waals surface area contributed by atoms with Crippen molar-refractivity contribution >= 4 is 55.5 Å². The van der Waals surface area contributed by atoms with Gasteiger partial charge in [-0.1, -0.05) is 41.9 Å². The van der Waals surface area contributed by atoms with Crippen molar-refractivity contribution in [1.29, 1.82) is 0 Å². The van der Waals surface area contributed by atoms with Crippen LogP contribution >= 0.6 is 23.2 Å². The van der Waals surface area contributed by atoms with E-state index in [2.05, 4.69) is 20.0 Å². The van der Waals surface area contributed by atoms with E-state index in [1.54, 1.807) is 16.7 Å². The third-order valence-electron chi connectivity index (χ3n) is 4.89. The zero-order valence-electron chi connectivity index (χ0n) is 17.6. The zero-order chi connectivity index (χ0) is 23.8. The molecule has 0 saturated carbocycles. The molecule has 0 bridgehead atoms. The van der Waals surface area contributed by atoms with Gasteiger partial charge in [-0.25, -0.2) is 13.4 Å². The molecule has 4 rings (SSSR count). The van der Waals surface area contributed by atoms with Crippen LogP contribution in [0.15, 0.2) is 65.6 Å².